The molecular weight excluding hydrogens is 294 g/mol. The van der Waals surface area contributed by atoms with Gasteiger partial charge < -0.3 is 35.6 Å². The molecule has 10 nitrogen and oxygen atoms in total. The fraction of sp³-hybridized carbons (Fsp3) is 0.667. The van der Waals surface area contributed by atoms with Crippen molar-refractivity contribution in [2.24, 2.45) is 7.05 Å². The lowest BCUT2D eigenvalue weighted by molar-refractivity contribution is -0.0222. The van der Waals surface area contributed by atoms with E-state index >= 15 is 0 Å². The third kappa shape index (κ3) is 1.96. The Bertz CT molecular complexity index is 650. The molecule has 3 heterocycles. The van der Waals surface area contributed by atoms with Gasteiger partial charge >= 0.3 is 5.69 Å². The van der Waals surface area contributed by atoms with Gasteiger partial charge in [-0.3, -0.25) is 4.57 Å². The van der Waals surface area contributed by atoms with E-state index in [4.69, 9.17) is 10.5 Å². The highest BCUT2D eigenvalue weighted by Gasteiger charge is 2.48. The van der Waals surface area contributed by atoms with E-state index < -0.39 is 36.8 Å². The molecule has 10 heteroatoms. The van der Waals surface area contributed by atoms with Crippen molar-refractivity contribution in [2.45, 2.75) is 24.5 Å². The minimum Gasteiger partial charge on any atom is -0.394 e. The summed E-state index contributed by atoms with van der Waals surface area (Å²) in [5, 5.41) is 29.2. The minimum absolute atomic E-state index is 0.256. The lowest BCUT2D eigenvalue weighted by atomic mass is 10.1. The Balaban J connectivity index is 2.02. The highest BCUT2D eigenvalue weighted by Crippen LogP contribution is 2.40. The second kappa shape index (κ2) is 5.09. The van der Waals surface area contributed by atoms with E-state index in [0.717, 1.165) is 0 Å². The third-order valence-corrected chi connectivity index (χ3v) is 4.15. The monoisotopic (exact) mass is 313 g/mol. The van der Waals surface area contributed by atoms with Crippen molar-refractivity contribution in [3.05, 3.63) is 10.5 Å². The number of anilines is 3. The summed E-state index contributed by atoms with van der Waals surface area (Å²) in [5.74, 6) is 0.546. The van der Waals surface area contributed by atoms with E-state index in [2.05, 4.69) is 4.98 Å². The van der Waals surface area contributed by atoms with Crippen LogP contribution >= 0.6 is 0 Å². The summed E-state index contributed by atoms with van der Waals surface area (Å²) in [6.45, 7) is -0.139. The molecule has 0 saturated carbocycles. The lowest BCUT2D eigenvalue weighted by Gasteiger charge is -2.27. The zero-order valence-corrected chi connectivity index (χ0v) is 12.2. The highest BCUT2D eigenvalue weighted by atomic mass is 16.6. The number of fused-ring (bicyclic) bond motifs is 1. The Hall–Kier alpha value is -1.88. The number of aliphatic hydroxyl groups excluding tert-OH is 3. The molecule has 1 aromatic heterocycles. The Labute approximate surface area is 126 Å². The molecule has 0 unspecified atom stereocenters. The molecule has 22 heavy (non-hydrogen) atoms. The van der Waals surface area contributed by atoms with Gasteiger partial charge in [-0.05, 0) is 0 Å². The number of rotatable bonds is 2. The second-order valence-electron chi connectivity index (χ2n) is 5.55. The summed E-state index contributed by atoms with van der Waals surface area (Å²) in [6.07, 6.45) is -4.26. The summed E-state index contributed by atoms with van der Waals surface area (Å²) < 4.78 is 6.73. The second-order valence-corrected chi connectivity index (χ2v) is 5.55. The molecule has 0 spiro atoms. The van der Waals surface area contributed by atoms with Gasteiger partial charge in [-0.15, -0.1) is 0 Å². The van der Waals surface area contributed by atoms with Crippen molar-refractivity contribution < 1.29 is 20.1 Å². The molecular formula is C12H19N5O5. The predicted molar refractivity (Wildman–Crippen MR) is 77.4 cm³/mol. The average molecular weight is 313 g/mol. The fourth-order valence-electron chi connectivity index (χ4n) is 2.87. The first-order valence-corrected chi connectivity index (χ1v) is 6.83. The molecule has 1 fully saturated rings. The van der Waals surface area contributed by atoms with Gasteiger partial charge in [-0.25, -0.2) is 4.79 Å². The van der Waals surface area contributed by atoms with Gasteiger partial charge in [0, 0.05) is 14.1 Å². The van der Waals surface area contributed by atoms with Gasteiger partial charge in [0.1, 0.15) is 29.8 Å². The largest absolute Gasteiger partial charge is 0.394 e. The first-order chi connectivity index (χ1) is 10.4. The molecule has 4 atom stereocenters. The van der Waals surface area contributed by atoms with Crippen molar-refractivity contribution in [3.63, 3.8) is 0 Å². The van der Waals surface area contributed by atoms with Gasteiger partial charge in [-0.2, -0.15) is 4.98 Å². The van der Waals surface area contributed by atoms with Gasteiger partial charge in [-0.1, -0.05) is 0 Å². The number of nitrogens with zero attached hydrogens (tertiary/aromatic N) is 4. The molecule has 3 rings (SSSR count). The highest BCUT2D eigenvalue weighted by molar-refractivity contribution is 5.81. The van der Waals surface area contributed by atoms with Crippen LogP contribution in [0.4, 0.5) is 17.3 Å². The SMILES string of the molecule is CN1CN([C@@H]2O[C@H](CO)[C@@H](O)[C@H]2O)c2nc(=O)n(C)c(N)c21. The van der Waals surface area contributed by atoms with Gasteiger partial charge in [0.15, 0.2) is 12.0 Å². The summed E-state index contributed by atoms with van der Waals surface area (Å²) >= 11 is 0. The van der Waals surface area contributed by atoms with Crippen LogP contribution in [0.25, 0.3) is 0 Å². The van der Waals surface area contributed by atoms with Gasteiger partial charge in [0.05, 0.1) is 13.3 Å². The molecule has 0 radical (unpaired) electrons. The van der Waals surface area contributed by atoms with Crippen LogP contribution in [-0.2, 0) is 11.8 Å². The van der Waals surface area contributed by atoms with Crippen molar-refractivity contribution in [3.8, 4) is 0 Å². The Morgan fingerprint density at radius 2 is 2.05 bits per heavy atom. The van der Waals surface area contributed by atoms with E-state index in [1.54, 1.807) is 16.8 Å². The average Bonchev–Trinajstić information content (AvgIpc) is 2.95. The number of ether oxygens (including phenoxy) is 1. The summed E-state index contributed by atoms with van der Waals surface area (Å²) in [7, 11) is 3.29. The Kier molecular flexibility index (Phi) is 3.48. The van der Waals surface area contributed by atoms with Gasteiger partial charge in [0.25, 0.3) is 0 Å². The van der Waals surface area contributed by atoms with Crippen LogP contribution < -0.4 is 21.2 Å². The molecule has 0 amide bonds. The van der Waals surface area contributed by atoms with E-state index in [1.165, 1.54) is 11.6 Å². The van der Waals surface area contributed by atoms with Crippen LogP contribution in [0.5, 0.6) is 0 Å². The van der Waals surface area contributed by atoms with Crippen molar-refractivity contribution in [1.82, 2.24) is 9.55 Å². The van der Waals surface area contributed by atoms with Crippen molar-refractivity contribution in [2.75, 3.05) is 35.9 Å². The maximum Gasteiger partial charge on any atom is 0.350 e. The molecule has 0 aromatic carbocycles. The summed E-state index contributed by atoms with van der Waals surface area (Å²) in [5.41, 5.74) is 5.99. The van der Waals surface area contributed by atoms with E-state index in [-0.39, 0.29) is 18.3 Å². The van der Waals surface area contributed by atoms with Crippen LogP contribution in [0.15, 0.2) is 4.79 Å². The van der Waals surface area contributed by atoms with E-state index in [0.29, 0.717) is 5.69 Å². The van der Waals surface area contributed by atoms with Crippen molar-refractivity contribution in [1.29, 1.82) is 0 Å². The number of aromatic nitrogens is 2. The molecule has 0 aliphatic carbocycles. The van der Waals surface area contributed by atoms with Crippen LogP contribution in [0, 0.1) is 0 Å². The number of aliphatic hydroxyl groups is 3. The number of hydrogen-bond donors (Lipinski definition) is 4. The van der Waals surface area contributed by atoms with E-state index in [1.807, 2.05) is 0 Å². The molecule has 2 aliphatic rings. The van der Waals surface area contributed by atoms with Crippen LogP contribution in [-0.4, -0.2) is 69.7 Å². The smallest absolute Gasteiger partial charge is 0.350 e. The number of hydrogen-bond acceptors (Lipinski definition) is 9. The molecule has 2 aliphatic heterocycles. The molecule has 5 N–H and O–H groups in total. The lowest BCUT2D eigenvalue weighted by Crippen LogP contribution is -2.45. The van der Waals surface area contributed by atoms with Crippen LogP contribution in [0.3, 0.4) is 0 Å². The fourth-order valence-corrected chi connectivity index (χ4v) is 2.87. The Morgan fingerprint density at radius 1 is 1.36 bits per heavy atom. The van der Waals surface area contributed by atoms with Crippen LogP contribution in [0.1, 0.15) is 0 Å². The molecule has 1 aromatic rings. The zero-order chi connectivity index (χ0) is 16.2. The molecule has 122 valence electrons. The van der Waals surface area contributed by atoms with Crippen molar-refractivity contribution >= 4 is 17.3 Å². The minimum atomic E-state index is -1.23. The first-order valence-electron chi connectivity index (χ1n) is 6.83. The van der Waals surface area contributed by atoms with Crippen LogP contribution in [0.2, 0.25) is 0 Å². The standard InChI is InChI=1S/C12H19N5O5/c1-15-4-17(11-8(20)7(19)5(3-18)22-11)10-6(15)9(13)16(2)12(21)14-10/h5,7-8,11,18-20H,3-4,13H2,1-2H3/t5-,7-,8-,11-/m1/s1. The van der Waals surface area contributed by atoms with Gasteiger partial charge in [0.2, 0.25) is 0 Å². The normalized spacial score (nSPS) is 31.0. The maximum absolute atomic E-state index is 11.9. The molecule has 0 bridgehead atoms. The summed E-state index contributed by atoms with van der Waals surface area (Å²) in [6, 6.07) is 0. The maximum atomic E-state index is 11.9. The quantitative estimate of drug-likeness (QED) is 0.450. The predicted octanol–water partition coefficient (Wildman–Crippen LogP) is -2.98. The Morgan fingerprint density at radius 3 is 2.64 bits per heavy atom. The first kappa shape index (κ1) is 15.0. The number of nitrogens with two attached hydrogens (primary N) is 1. The van der Waals surface area contributed by atoms with E-state index in [9.17, 15) is 20.1 Å². The summed E-state index contributed by atoms with van der Waals surface area (Å²) in [4.78, 5) is 19.2. The molecule has 1 saturated heterocycles. The number of nitrogen functional groups attached to an aromatic ring is 1. The topological polar surface area (TPSA) is 137 Å². The zero-order valence-electron chi connectivity index (χ0n) is 12.2. The third-order valence-electron chi connectivity index (χ3n) is 4.15.